The van der Waals surface area contributed by atoms with Crippen LogP contribution in [0.3, 0.4) is 0 Å². The average molecular weight is 399 g/mol. The van der Waals surface area contributed by atoms with Crippen molar-refractivity contribution in [2.45, 2.75) is 19.6 Å². The Labute approximate surface area is 172 Å². The summed E-state index contributed by atoms with van der Waals surface area (Å²) >= 11 is 0. The van der Waals surface area contributed by atoms with Crippen LogP contribution in [0.4, 0.5) is 5.69 Å². The second-order valence-corrected chi connectivity index (χ2v) is 6.69. The quantitative estimate of drug-likeness (QED) is 0.343. The van der Waals surface area contributed by atoms with Gasteiger partial charge in [-0.1, -0.05) is 24.3 Å². The van der Waals surface area contributed by atoms with E-state index in [0.717, 1.165) is 41.8 Å². The summed E-state index contributed by atoms with van der Waals surface area (Å²) < 4.78 is 16.8. The molecule has 2 aromatic carbocycles. The molecule has 7 heteroatoms. The molecule has 1 unspecified atom stereocenters. The highest BCUT2D eigenvalue weighted by atomic mass is 16.6. The van der Waals surface area contributed by atoms with Crippen LogP contribution < -0.4 is 25.4 Å². The summed E-state index contributed by atoms with van der Waals surface area (Å²) in [6.07, 6.45) is -0.0637. The van der Waals surface area contributed by atoms with Crippen LogP contribution in [0.25, 0.3) is 0 Å². The van der Waals surface area contributed by atoms with Gasteiger partial charge in [0.05, 0.1) is 19.7 Å². The van der Waals surface area contributed by atoms with Crippen LogP contribution in [-0.4, -0.2) is 52.0 Å². The molecule has 0 aliphatic carbocycles. The van der Waals surface area contributed by atoms with E-state index in [1.165, 1.54) is 0 Å². The number of guanidine groups is 1. The van der Waals surface area contributed by atoms with E-state index in [4.69, 9.17) is 14.2 Å². The van der Waals surface area contributed by atoms with Crippen molar-refractivity contribution in [3.05, 3.63) is 54.1 Å². The molecule has 0 fully saturated rings. The van der Waals surface area contributed by atoms with Crippen molar-refractivity contribution in [1.29, 1.82) is 0 Å². The topological polar surface area (TPSA) is 76.1 Å². The number of nitrogens with one attached hydrogen (secondary N) is 3. The number of nitrogens with zero attached hydrogens (tertiary/aromatic N) is 1. The third-order valence-corrected chi connectivity index (χ3v) is 4.42. The molecule has 0 saturated heterocycles. The van der Waals surface area contributed by atoms with Gasteiger partial charge in [0, 0.05) is 25.9 Å². The van der Waals surface area contributed by atoms with Gasteiger partial charge in [0.1, 0.15) is 12.7 Å². The molecular weight excluding hydrogens is 368 g/mol. The van der Waals surface area contributed by atoms with E-state index >= 15 is 0 Å². The normalized spacial score (nSPS) is 15.7. The summed E-state index contributed by atoms with van der Waals surface area (Å²) in [6.45, 7) is 6.04. The molecule has 3 rings (SSSR count). The molecule has 0 aromatic heterocycles. The van der Waals surface area contributed by atoms with E-state index in [1.807, 2.05) is 31.2 Å². The zero-order valence-corrected chi connectivity index (χ0v) is 17.1. The summed E-state index contributed by atoms with van der Waals surface area (Å²) in [4.78, 5) is 4.68. The van der Waals surface area contributed by atoms with Crippen molar-refractivity contribution in [2.24, 2.45) is 4.99 Å². The zero-order valence-electron chi connectivity index (χ0n) is 17.1. The fourth-order valence-corrected chi connectivity index (χ4v) is 2.91. The van der Waals surface area contributed by atoms with Crippen LogP contribution >= 0.6 is 0 Å². The van der Waals surface area contributed by atoms with Crippen LogP contribution in [-0.2, 0) is 11.3 Å². The van der Waals surface area contributed by atoms with E-state index in [0.29, 0.717) is 26.3 Å². The standard InChI is InChI=1S/C22H30N4O3/c1-3-23-22(25-14-17-8-10-18(11-9-17)24-12-13-27-2)26-15-19-16-28-20-6-4-5-7-21(20)29-19/h4-11,19,24H,3,12-16H2,1-2H3,(H2,23,25,26). The first-order chi connectivity index (χ1) is 14.3. The largest absolute Gasteiger partial charge is 0.486 e. The van der Waals surface area contributed by atoms with Gasteiger partial charge in [-0.3, -0.25) is 0 Å². The van der Waals surface area contributed by atoms with Crippen molar-refractivity contribution in [3.8, 4) is 11.5 Å². The molecule has 3 N–H and O–H groups in total. The van der Waals surface area contributed by atoms with Gasteiger partial charge in [0.25, 0.3) is 0 Å². The van der Waals surface area contributed by atoms with Gasteiger partial charge in [0.2, 0.25) is 0 Å². The highest BCUT2D eigenvalue weighted by molar-refractivity contribution is 5.79. The van der Waals surface area contributed by atoms with Gasteiger partial charge >= 0.3 is 0 Å². The number of anilines is 1. The number of hydrogen-bond donors (Lipinski definition) is 3. The monoisotopic (exact) mass is 398 g/mol. The molecular formula is C22H30N4O3. The molecule has 0 amide bonds. The number of para-hydroxylation sites is 2. The minimum absolute atomic E-state index is 0.0637. The number of hydrogen-bond acceptors (Lipinski definition) is 5. The summed E-state index contributed by atoms with van der Waals surface area (Å²) in [5.41, 5.74) is 2.22. The van der Waals surface area contributed by atoms with Gasteiger partial charge in [-0.2, -0.15) is 0 Å². The smallest absolute Gasteiger partial charge is 0.191 e. The lowest BCUT2D eigenvalue weighted by Gasteiger charge is -2.27. The molecule has 29 heavy (non-hydrogen) atoms. The van der Waals surface area contributed by atoms with Gasteiger partial charge in [-0.15, -0.1) is 0 Å². The SMILES string of the molecule is CCNC(=NCc1ccc(NCCOC)cc1)NCC1COc2ccccc2O1. The highest BCUT2D eigenvalue weighted by Crippen LogP contribution is 2.30. The number of aliphatic imine (C=N–C) groups is 1. The number of methoxy groups -OCH3 is 1. The highest BCUT2D eigenvalue weighted by Gasteiger charge is 2.20. The predicted octanol–water partition coefficient (Wildman–Crippen LogP) is 2.64. The minimum Gasteiger partial charge on any atom is -0.486 e. The number of rotatable bonds is 9. The van der Waals surface area contributed by atoms with Gasteiger partial charge in [-0.25, -0.2) is 4.99 Å². The van der Waals surface area contributed by atoms with Crippen LogP contribution in [0.15, 0.2) is 53.5 Å². The van der Waals surface area contributed by atoms with E-state index in [9.17, 15) is 0 Å². The van der Waals surface area contributed by atoms with E-state index in [-0.39, 0.29) is 6.10 Å². The molecule has 1 aliphatic rings. The first-order valence-corrected chi connectivity index (χ1v) is 10.0. The number of benzene rings is 2. The number of ether oxygens (including phenoxy) is 3. The molecule has 0 spiro atoms. The first-order valence-electron chi connectivity index (χ1n) is 10.0. The van der Waals surface area contributed by atoms with Gasteiger partial charge in [-0.05, 0) is 36.8 Å². The second kappa shape index (κ2) is 11.2. The van der Waals surface area contributed by atoms with Gasteiger partial charge < -0.3 is 30.2 Å². The van der Waals surface area contributed by atoms with E-state index < -0.39 is 0 Å². The molecule has 0 bridgehead atoms. The first kappa shape index (κ1) is 20.8. The van der Waals surface area contributed by atoms with Crippen molar-refractivity contribution in [3.63, 3.8) is 0 Å². The molecule has 0 radical (unpaired) electrons. The zero-order chi connectivity index (χ0) is 20.3. The lowest BCUT2D eigenvalue weighted by atomic mass is 10.2. The van der Waals surface area contributed by atoms with Crippen molar-refractivity contribution >= 4 is 11.6 Å². The lowest BCUT2D eigenvalue weighted by molar-refractivity contribution is 0.0936. The Kier molecular flexibility index (Phi) is 8.01. The van der Waals surface area contributed by atoms with E-state index in [1.54, 1.807) is 7.11 Å². The molecule has 7 nitrogen and oxygen atoms in total. The van der Waals surface area contributed by atoms with Crippen LogP contribution in [0.2, 0.25) is 0 Å². The number of fused-ring (bicyclic) bond motifs is 1. The van der Waals surface area contributed by atoms with E-state index in [2.05, 4.69) is 45.2 Å². The molecule has 0 saturated carbocycles. The Morgan fingerprint density at radius 1 is 1.10 bits per heavy atom. The van der Waals surface area contributed by atoms with Crippen molar-refractivity contribution in [2.75, 3.05) is 45.3 Å². The van der Waals surface area contributed by atoms with Gasteiger partial charge in [0.15, 0.2) is 17.5 Å². The molecule has 156 valence electrons. The average Bonchev–Trinajstić information content (AvgIpc) is 2.76. The van der Waals surface area contributed by atoms with Crippen LogP contribution in [0.1, 0.15) is 12.5 Å². The lowest BCUT2D eigenvalue weighted by Crippen LogP contribution is -2.45. The fourth-order valence-electron chi connectivity index (χ4n) is 2.91. The minimum atomic E-state index is -0.0637. The third-order valence-electron chi connectivity index (χ3n) is 4.42. The summed E-state index contributed by atoms with van der Waals surface area (Å²) in [7, 11) is 1.70. The van der Waals surface area contributed by atoms with Crippen LogP contribution in [0.5, 0.6) is 11.5 Å². The third kappa shape index (κ3) is 6.57. The predicted molar refractivity (Wildman–Crippen MR) is 116 cm³/mol. The Bertz CT molecular complexity index is 780. The van der Waals surface area contributed by atoms with Crippen molar-refractivity contribution < 1.29 is 14.2 Å². The maximum absolute atomic E-state index is 5.99. The summed E-state index contributed by atoms with van der Waals surface area (Å²) in [5.74, 6) is 2.34. The van der Waals surface area contributed by atoms with Crippen molar-refractivity contribution in [1.82, 2.24) is 10.6 Å². The Balaban J connectivity index is 1.49. The maximum Gasteiger partial charge on any atom is 0.191 e. The molecule has 2 aromatic rings. The van der Waals surface area contributed by atoms with Crippen LogP contribution in [0, 0.1) is 0 Å². The molecule has 1 atom stereocenters. The Morgan fingerprint density at radius 2 is 1.90 bits per heavy atom. The fraction of sp³-hybridized carbons (Fsp3) is 0.409. The Hall–Kier alpha value is -2.93. The summed E-state index contributed by atoms with van der Waals surface area (Å²) in [6, 6.07) is 16.0. The second-order valence-electron chi connectivity index (χ2n) is 6.69. The summed E-state index contributed by atoms with van der Waals surface area (Å²) in [5, 5.41) is 9.93. The maximum atomic E-state index is 5.99. The molecule has 1 heterocycles. The Morgan fingerprint density at radius 3 is 2.66 bits per heavy atom. The molecule has 1 aliphatic heterocycles.